The molecule has 0 saturated carbocycles. The first-order valence-corrected chi connectivity index (χ1v) is 6.20. The molecule has 18 heavy (non-hydrogen) atoms. The Balaban J connectivity index is 2.53. The van der Waals surface area contributed by atoms with Gasteiger partial charge in [-0.2, -0.15) is 9.97 Å². The molecular formula is C12H12Cl2N4. The quantitative estimate of drug-likeness (QED) is 0.915. The van der Waals surface area contributed by atoms with Gasteiger partial charge < -0.3 is 5.73 Å². The molecule has 0 radical (unpaired) electrons. The summed E-state index contributed by atoms with van der Waals surface area (Å²) in [4.78, 5) is 12.6. The van der Waals surface area contributed by atoms with Gasteiger partial charge in [-0.05, 0) is 18.2 Å². The van der Waals surface area contributed by atoms with Crippen LogP contribution in [0.15, 0.2) is 18.2 Å². The highest BCUT2D eigenvalue weighted by Gasteiger charge is 2.10. The molecule has 2 aromatic rings. The van der Waals surface area contributed by atoms with E-state index in [9.17, 15) is 0 Å². The molecule has 0 aliphatic heterocycles. The fourth-order valence-corrected chi connectivity index (χ4v) is 1.73. The number of aromatic nitrogens is 3. The normalized spacial score (nSPS) is 10.9. The van der Waals surface area contributed by atoms with Crippen LogP contribution in [0.2, 0.25) is 10.0 Å². The lowest BCUT2D eigenvalue weighted by molar-refractivity contribution is 0.767. The van der Waals surface area contributed by atoms with Gasteiger partial charge >= 0.3 is 0 Å². The summed E-state index contributed by atoms with van der Waals surface area (Å²) >= 11 is 11.8. The van der Waals surface area contributed by atoms with E-state index in [1.807, 2.05) is 13.8 Å². The molecule has 0 unspecified atom stereocenters. The van der Waals surface area contributed by atoms with Crippen LogP contribution in [0, 0.1) is 0 Å². The van der Waals surface area contributed by atoms with Gasteiger partial charge in [0.15, 0.2) is 5.82 Å². The smallest absolute Gasteiger partial charge is 0.223 e. The van der Waals surface area contributed by atoms with Crippen molar-refractivity contribution in [2.45, 2.75) is 19.8 Å². The van der Waals surface area contributed by atoms with E-state index in [2.05, 4.69) is 15.0 Å². The molecule has 2 N–H and O–H groups in total. The van der Waals surface area contributed by atoms with Crippen LogP contribution in [0.5, 0.6) is 0 Å². The third kappa shape index (κ3) is 2.71. The molecule has 0 spiro atoms. The molecule has 6 heteroatoms. The first-order valence-electron chi connectivity index (χ1n) is 5.44. The van der Waals surface area contributed by atoms with Crippen molar-refractivity contribution in [2.24, 2.45) is 0 Å². The summed E-state index contributed by atoms with van der Waals surface area (Å²) in [5.41, 5.74) is 6.45. The van der Waals surface area contributed by atoms with Gasteiger partial charge in [0, 0.05) is 11.5 Å². The Morgan fingerprint density at radius 3 is 2.39 bits per heavy atom. The Kier molecular flexibility index (Phi) is 3.68. The van der Waals surface area contributed by atoms with E-state index in [-0.39, 0.29) is 11.9 Å². The lowest BCUT2D eigenvalue weighted by Crippen LogP contribution is -2.06. The number of rotatable bonds is 2. The molecule has 94 valence electrons. The average Bonchev–Trinajstić information content (AvgIpc) is 2.31. The highest BCUT2D eigenvalue weighted by Crippen LogP contribution is 2.27. The second kappa shape index (κ2) is 5.08. The topological polar surface area (TPSA) is 64.7 Å². The van der Waals surface area contributed by atoms with E-state index in [0.717, 1.165) is 5.56 Å². The molecule has 0 fully saturated rings. The van der Waals surface area contributed by atoms with E-state index in [1.54, 1.807) is 18.2 Å². The molecule has 0 aliphatic carbocycles. The van der Waals surface area contributed by atoms with Crippen LogP contribution in [0.1, 0.15) is 25.6 Å². The van der Waals surface area contributed by atoms with Gasteiger partial charge in [0.1, 0.15) is 5.82 Å². The standard InChI is InChI=1S/C12H12Cl2N4/c1-6(2)10-16-11(18-12(15)17-10)7-3-4-8(13)9(14)5-7/h3-6H,1-2H3,(H2,15,16,17,18). The third-order valence-corrected chi connectivity index (χ3v) is 3.10. The number of hydrogen-bond acceptors (Lipinski definition) is 4. The van der Waals surface area contributed by atoms with Crippen molar-refractivity contribution in [2.75, 3.05) is 5.73 Å². The van der Waals surface area contributed by atoms with Crippen LogP contribution in [-0.4, -0.2) is 15.0 Å². The lowest BCUT2D eigenvalue weighted by atomic mass is 10.2. The van der Waals surface area contributed by atoms with Crippen molar-refractivity contribution in [3.05, 3.63) is 34.1 Å². The van der Waals surface area contributed by atoms with E-state index in [4.69, 9.17) is 28.9 Å². The van der Waals surface area contributed by atoms with Crippen LogP contribution in [-0.2, 0) is 0 Å². The van der Waals surface area contributed by atoms with Gasteiger partial charge in [0.05, 0.1) is 10.0 Å². The Morgan fingerprint density at radius 1 is 1.06 bits per heavy atom. The summed E-state index contributed by atoms with van der Waals surface area (Å²) in [7, 11) is 0. The summed E-state index contributed by atoms with van der Waals surface area (Å²) in [6, 6.07) is 5.21. The molecule has 0 amide bonds. The van der Waals surface area contributed by atoms with Gasteiger partial charge in [0.2, 0.25) is 5.95 Å². The Morgan fingerprint density at radius 2 is 1.78 bits per heavy atom. The fraction of sp³-hybridized carbons (Fsp3) is 0.250. The molecule has 0 saturated heterocycles. The number of nitrogens with two attached hydrogens (primary N) is 1. The monoisotopic (exact) mass is 282 g/mol. The number of nitrogens with zero attached hydrogens (tertiary/aromatic N) is 3. The van der Waals surface area contributed by atoms with Gasteiger partial charge in [-0.15, -0.1) is 0 Å². The van der Waals surface area contributed by atoms with Crippen LogP contribution in [0.3, 0.4) is 0 Å². The Bertz CT molecular complexity index is 584. The number of halogens is 2. The maximum absolute atomic E-state index is 5.97. The first-order chi connectivity index (χ1) is 8.47. The van der Waals surface area contributed by atoms with Crippen LogP contribution >= 0.6 is 23.2 Å². The minimum atomic E-state index is 0.178. The molecule has 0 atom stereocenters. The highest BCUT2D eigenvalue weighted by atomic mass is 35.5. The molecular weight excluding hydrogens is 271 g/mol. The molecule has 1 heterocycles. The second-order valence-corrected chi connectivity index (χ2v) is 4.97. The maximum atomic E-state index is 5.97. The van der Waals surface area contributed by atoms with Crippen LogP contribution in [0.25, 0.3) is 11.4 Å². The van der Waals surface area contributed by atoms with E-state index in [0.29, 0.717) is 21.7 Å². The molecule has 1 aromatic carbocycles. The van der Waals surface area contributed by atoms with E-state index >= 15 is 0 Å². The summed E-state index contributed by atoms with van der Waals surface area (Å²) in [5, 5.41) is 0.950. The summed E-state index contributed by atoms with van der Waals surface area (Å²) in [6.07, 6.45) is 0. The Hall–Kier alpha value is -1.39. The number of anilines is 1. The molecule has 2 rings (SSSR count). The molecule has 0 aliphatic rings. The average molecular weight is 283 g/mol. The highest BCUT2D eigenvalue weighted by molar-refractivity contribution is 6.42. The van der Waals surface area contributed by atoms with Crippen LogP contribution in [0.4, 0.5) is 5.95 Å². The van der Waals surface area contributed by atoms with Gasteiger partial charge in [-0.25, -0.2) is 4.98 Å². The first kappa shape index (κ1) is 13.1. The van der Waals surface area contributed by atoms with Crippen molar-refractivity contribution in [1.29, 1.82) is 0 Å². The summed E-state index contributed by atoms with van der Waals surface area (Å²) in [6.45, 7) is 3.99. The predicted molar refractivity (Wildman–Crippen MR) is 73.8 cm³/mol. The molecule has 0 bridgehead atoms. The predicted octanol–water partition coefficient (Wildman–Crippen LogP) is 3.55. The molecule has 4 nitrogen and oxygen atoms in total. The number of nitrogen functional groups attached to an aromatic ring is 1. The number of benzene rings is 1. The van der Waals surface area contributed by atoms with E-state index in [1.165, 1.54) is 0 Å². The van der Waals surface area contributed by atoms with Gasteiger partial charge in [-0.1, -0.05) is 37.0 Å². The maximum Gasteiger partial charge on any atom is 0.223 e. The summed E-state index contributed by atoms with van der Waals surface area (Å²) < 4.78 is 0. The lowest BCUT2D eigenvalue weighted by Gasteiger charge is -2.07. The zero-order valence-corrected chi connectivity index (χ0v) is 11.5. The molecule has 1 aromatic heterocycles. The minimum absolute atomic E-state index is 0.178. The fourth-order valence-electron chi connectivity index (χ4n) is 1.43. The van der Waals surface area contributed by atoms with Gasteiger partial charge in [-0.3, -0.25) is 0 Å². The zero-order valence-electron chi connectivity index (χ0n) is 9.98. The minimum Gasteiger partial charge on any atom is -0.368 e. The summed E-state index contributed by atoms with van der Waals surface area (Å²) in [5.74, 6) is 1.54. The second-order valence-electron chi connectivity index (χ2n) is 4.16. The third-order valence-electron chi connectivity index (χ3n) is 2.36. The van der Waals surface area contributed by atoms with Crippen molar-refractivity contribution >= 4 is 29.2 Å². The van der Waals surface area contributed by atoms with Crippen molar-refractivity contribution in [3.63, 3.8) is 0 Å². The van der Waals surface area contributed by atoms with Crippen molar-refractivity contribution in [3.8, 4) is 11.4 Å². The zero-order chi connectivity index (χ0) is 13.3. The van der Waals surface area contributed by atoms with Crippen molar-refractivity contribution < 1.29 is 0 Å². The van der Waals surface area contributed by atoms with Gasteiger partial charge in [0.25, 0.3) is 0 Å². The van der Waals surface area contributed by atoms with Crippen LogP contribution < -0.4 is 5.73 Å². The SMILES string of the molecule is CC(C)c1nc(N)nc(-c2ccc(Cl)c(Cl)c2)n1. The number of hydrogen-bond donors (Lipinski definition) is 1. The van der Waals surface area contributed by atoms with Crippen molar-refractivity contribution in [1.82, 2.24) is 15.0 Å². The Labute approximate surface area is 115 Å². The largest absolute Gasteiger partial charge is 0.368 e. The van der Waals surface area contributed by atoms with E-state index < -0.39 is 0 Å².